The number of anilines is 1. The van der Waals surface area contributed by atoms with Gasteiger partial charge >= 0.3 is 0 Å². The van der Waals surface area contributed by atoms with E-state index in [1.807, 2.05) is 0 Å². The maximum absolute atomic E-state index is 12.8. The van der Waals surface area contributed by atoms with Gasteiger partial charge in [-0.05, 0) is 18.2 Å². The first-order valence-electron chi connectivity index (χ1n) is 18.7. The number of hydrogen-bond donors (Lipinski definition) is 9. The second kappa shape index (κ2) is 30.3. The number of benzene rings is 1. The molecular weight excluding hydrogens is 813 g/mol. The van der Waals surface area contributed by atoms with Gasteiger partial charge in [-0.3, -0.25) is 43.2 Å². The van der Waals surface area contributed by atoms with Crippen molar-refractivity contribution in [1.29, 1.82) is 0 Å². The Bertz CT molecular complexity index is 1570. The molecule has 9 amide bonds. The van der Waals surface area contributed by atoms with Crippen LogP contribution in [0.5, 0.6) is 0 Å². The number of thioether (sulfide) groups is 2. The third-order valence-corrected chi connectivity index (χ3v) is 10.3. The second-order valence-electron chi connectivity index (χ2n) is 12.4. The number of carbonyl (C=O) groups is 9. The van der Waals surface area contributed by atoms with Crippen LogP contribution in [-0.4, -0.2) is 162 Å². The molecule has 3 atom stereocenters. The number of amides is 9. The molecule has 0 bridgehead atoms. The van der Waals surface area contributed by atoms with Crippen LogP contribution in [0.1, 0.15) is 36.0 Å². The molecule has 0 aromatic heterocycles. The molecule has 1 saturated heterocycles. The van der Waals surface area contributed by atoms with Crippen molar-refractivity contribution in [3.63, 3.8) is 0 Å². The van der Waals surface area contributed by atoms with Crippen molar-refractivity contribution >= 4 is 82.4 Å². The fourth-order valence-electron chi connectivity index (χ4n) is 4.62. The van der Waals surface area contributed by atoms with Crippen LogP contribution in [0, 0.1) is 0 Å². The molecule has 21 nitrogen and oxygen atoms in total. The van der Waals surface area contributed by atoms with Crippen molar-refractivity contribution in [1.82, 2.24) is 37.2 Å². The highest BCUT2D eigenvalue weighted by Crippen LogP contribution is 2.30. The number of imide groups is 1. The second-order valence-corrected chi connectivity index (χ2v) is 14.6. The van der Waals surface area contributed by atoms with Gasteiger partial charge in [0.2, 0.25) is 47.3 Å². The van der Waals surface area contributed by atoms with Gasteiger partial charge in [0.25, 0.3) is 5.91 Å². The molecule has 0 aliphatic carbocycles. The molecule has 0 spiro atoms. The van der Waals surface area contributed by atoms with Crippen molar-refractivity contribution < 1.29 is 52.6 Å². The molecule has 1 aliphatic rings. The van der Waals surface area contributed by atoms with Crippen molar-refractivity contribution in [2.75, 3.05) is 96.4 Å². The average Bonchev–Trinajstić information content (AvgIpc) is 3.52. The molecule has 11 N–H and O–H groups in total. The Morgan fingerprint density at radius 3 is 1.80 bits per heavy atom. The summed E-state index contributed by atoms with van der Waals surface area (Å²) in [5.74, 6) is -1.81. The van der Waals surface area contributed by atoms with Gasteiger partial charge in [-0.1, -0.05) is 6.07 Å². The molecule has 23 heteroatoms. The topological polar surface area (TPSA) is 312 Å². The lowest BCUT2D eigenvalue weighted by Crippen LogP contribution is -2.44. The van der Waals surface area contributed by atoms with Crippen LogP contribution in [0.15, 0.2) is 24.3 Å². The zero-order valence-electron chi connectivity index (χ0n) is 33.9. The zero-order valence-corrected chi connectivity index (χ0v) is 35.5. The first kappa shape index (κ1) is 52.2. The summed E-state index contributed by atoms with van der Waals surface area (Å²) in [7, 11) is 6.12. The normalized spacial score (nSPS) is 14.2. The Labute approximate surface area is 352 Å². The summed E-state index contributed by atoms with van der Waals surface area (Å²) in [6.07, 6.45) is 0.717. The minimum absolute atomic E-state index is 0.0127. The van der Waals surface area contributed by atoms with E-state index in [1.54, 1.807) is 32.3 Å². The molecule has 1 aromatic rings. The van der Waals surface area contributed by atoms with Crippen molar-refractivity contribution in [3.8, 4) is 0 Å². The predicted molar refractivity (Wildman–Crippen MR) is 223 cm³/mol. The molecule has 2 rings (SSSR count). The first-order valence-corrected chi connectivity index (χ1v) is 20.9. The maximum atomic E-state index is 12.8. The molecule has 1 fully saturated rings. The largest absolute Gasteiger partial charge is 0.379 e. The van der Waals surface area contributed by atoms with E-state index < -0.39 is 29.1 Å². The summed E-state index contributed by atoms with van der Waals surface area (Å²) < 4.78 is 10.5. The molecule has 0 saturated carbocycles. The van der Waals surface area contributed by atoms with Crippen molar-refractivity contribution in [2.45, 2.75) is 43.0 Å². The zero-order chi connectivity index (χ0) is 44.2. The van der Waals surface area contributed by atoms with Crippen LogP contribution < -0.4 is 53.6 Å². The number of carbonyl (C=O) groups excluding carboxylic acids is 9. The van der Waals surface area contributed by atoms with Gasteiger partial charge in [-0.15, -0.1) is 23.5 Å². The number of nitrogens with zero attached hydrogens (tertiary/aromatic N) is 1. The van der Waals surface area contributed by atoms with E-state index in [9.17, 15) is 43.2 Å². The van der Waals surface area contributed by atoms with Gasteiger partial charge < -0.3 is 58.2 Å². The Morgan fingerprint density at radius 1 is 0.712 bits per heavy atom. The molecule has 59 heavy (non-hydrogen) atoms. The molecule has 1 aromatic carbocycles. The minimum Gasteiger partial charge on any atom is -0.379 e. The van der Waals surface area contributed by atoms with E-state index in [0.717, 1.165) is 16.7 Å². The van der Waals surface area contributed by atoms with Gasteiger partial charge in [0.05, 0.1) is 55.2 Å². The lowest BCUT2D eigenvalue weighted by Gasteiger charge is -2.17. The molecule has 1 aliphatic heterocycles. The van der Waals surface area contributed by atoms with Gasteiger partial charge in [0, 0.05) is 90.6 Å². The van der Waals surface area contributed by atoms with Crippen LogP contribution in [0.3, 0.4) is 0 Å². The molecule has 1 heterocycles. The van der Waals surface area contributed by atoms with Crippen LogP contribution in [0.2, 0.25) is 0 Å². The van der Waals surface area contributed by atoms with Crippen molar-refractivity contribution in [2.24, 2.45) is 11.5 Å². The monoisotopic (exact) mass is 870 g/mol. The summed E-state index contributed by atoms with van der Waals surface area (Å²) in [4.78, 5) is 107. The summed E-state index contributed by atoms with van der Waals surface area (Å²) >= 11 is 2.39. The van der Waals surface area contributed by atoms with E-state index in [2.05, 4.69) is 37.2 Å². The Balaban J connectivity index is 0.000000609. The molecule has 1 unspecified atom stereocenters. The Morgan fingerprint density at radius 2 is 1.25 bits per heavy atom. The highest BCUT2D eigenvalue weighted by Gasteiger charge is 2.40. The van der Waals surface area contributed by atoms with E-state index in [-0.39, 0.29) is 118 Å². The van der Waals surface area contributed by atoms with Crippen LogP contribution in [0.4, 0.5) is 5.69 Å². The summed E-state index contributed by atoms with van der Waals surface area (Å²) in [5.41, 5.74) is 12.3. The Kier molecular flexibility index (Phi) is 26.8. The number of nitrogens with two attached hydrogens (primary N) is 2. The first-order chi connectivity index (χ1) is 28.2. The lowest BCUT2D eigenvalue weighted by atomic mass is 10.2. The third kappa shape index (κ3) is 21.7. The quantitative estimate of drug-likeness (QED) is 0.0324. The maximum Gasteiger partial charge on any atom is 0.251 e. The predicted octanol–water partition coefficient (Wildman–Crippen LogP) is -3.42. The highest BCUT2D eigenvalue weighted by atomic mass is 32.2. The number of nitrogens with one attached hydrogen (secondary N) is 7. The van der Waals surface area contributed by atoms with Gasteiger partial charge in [0.15, 0.2) is 0 Å². The SMILES string of the molecule is CNC(=O)CCNC(=O)CSC[C@H](N)C(=O)NCCOCCC(=O)NC.CNC(=O)CCOCCNC(=O)[C@@H](N)CSC1CC(=O)N(c2cccc(C(=O)NC)c2)C1=O. The van der Waals surface area contributed by atoms with Gasteiger partial charge in [-0.25, -0.2) is 4.90 Å². The fraction of sp³-hybridized carbons (Fsp3) is 0.583. The number of ether oxygens (including phenoxy) is 2. The Hall–Kier alpha value is -4.81. The van der Waals surface area contributed by atoms with E-state index >= 15 is 0 Å². The fourth-order valence-corrected chi connectivity index (χ4v) is 6.53. The molecular formula is C36H58N10O11S2. The van der Waals surface area contributed by atoms with Crippen molar-refractivity contribution in [3.05, 3.63) is 29.8 Å². The average molecular weight is 871 g/mol. The minimum atomic E-state index is -0.866. The third-order valence-electron chi connectivity index (χ3n) is 7.93. The van der Waals surface area contributed by atoms with Gasteiger partial charge in [0.1, 0.15) is 0 Å². The molecule has 0 radical (unpaired) electrons. The van der Waals surface area contributed by atoms with Crippen LogP contribution >= 0.6 is 23.5 Å². The lowest BCUT2D eigenvalue weighted by molar-refractivity contribution is -0.123. The molecule has 330 valence electrons. The standard InChI is InChI=1S/C21H29N5O6S.C15H29N5O5S/c1-23-17(27)6-8-32-9-7-25-20(30)15(22)12-33-16-11-18(28)26(21(16)31)14-5-3-4-13(10-14)19(29)24-2;1-17-12(21)3-5-19-14(23)10-26-9-11(16)15(24)20-6-8-25-7-4-13(22)18-2/h3-5,10,15-16H,6-9,11-12,22H2,1-2H3,(H,23,27)(H,24,29)(H,25,30);11H,3-10,16H2,1-2H3,(H,17,21)(H,18,22)(H,19,23)(H,20,24)/t15-,16?;11-/m00/s1. The summed E-state index contributed by atoms with van der Waals surface area (Å²) in [6, 6.07) is 4.66. The van der Waals surface area contributed by atoms with E-state index in [0.29, 0.717) is 23.5 Å². The van der Waals surface area contributed by atoms with E-state index in [1.165, 1.54) is 31.9 Å². The number of rotatable bonds is 26. The number of hydrogen-bond acceptors (Lipinski definition) is 15. The highest BCUT2D eigenvalue weighted by molar-refractivity contribution is 8.00. The summed E-state index contributed by atoms with van der Waals surface area (Å²) in [5, 5.41) is 17.1. The summed E-state index contributed by atoms with van der Waals surface area (Å²) in [6.45, 7) is 1.86. The van der Waals surface area contributed by atoms with E-state index in [4.69, 9.17) is 20.9 Å². The van der Waals surface area contributed by atoms with Gasteiger partial charge in [-0.2, -0.15) is 0 Å². The van der Waals surface area contributed by atoms with Crippen LogP contribution in [-0.2, 0) is 47.8 Å². The van der Waals surface area contributed by atoms with Crippen LogP contribution in [0.25, 0.3) is 0 Å². The smallest absolute Gasteiger partial charge is 0.251 e.